The van der Waals surface area contributed by atoms with Gasteiger partial charge in [0.1, 0.15) is 0 Å². The van der Waals surface area contributed by atoms with Crippen LogP contribution in [-0.4, -0.2) is 66.5 Å². The number of piperidine rings is 1. The minimum absolute atomic E-state index is 0.0379. The second-order valence-electron chi connectivity index (χ2n) is 6.17. The molecular formula is C17H24N2O5S. The van der Waals surface area contributed by atoms with Gasteiger partial charge in [0, 0.05) is 26.2 Å². The fourth-order valence-corrected chi connectivity index (χ4v) is 4.14. The highest BCUT2D eigenvalue weighted by Gasteiger charge is 2.30. The highest BCUT2D eigenvalue weighted by Crippen LogP contribution is 2.20. The van der Waals surface area contributed by atoms with Crippen LogP contribution in [-0.2, 0) is 21.2 Å². The summed E-state index contributed by atoms with van der Waals surface area (Å²) in [7, 11) is -1.65. The fraction of sp³-hybridized carbons (Fsp3) is 0.529. The third-order valence-corrected chi connectivity index (χ3v) is 6.63. The van der Waals surface area contributed by atoms with E-state index in [4.69, 9.17) is 0 Å². The molecule has 0 spiro atoms. The van der Waals surface area contributed by atoms with E-state index in [1.165, 1.54) is 10.4 Å². The number of amides is 1. The first-order chi connectivity index (χ1) is 11.8. The van der Waals surface area contributed by atoms with Crippen LogP contribution in [0.1, 0.15) is 35.7 Å². The van der Waals surface area contributed by atoms with E-state index in [2.05, 4.69) is 0 Å². The van der Waals surface area contributed by atoms with E-state index < -0.39 is 16.0 Å². The SMILES string of the molecule is CCS(=O)(=O)N(C)C1CCN(C(=O)Cc2ccccc2C(=O)O)CC1. The van der Waals surface area contributed by atoms with Gasteiger partial charge in [0.25, 0.3) is 0 Å². The number of hydrogen-bond donors (Lipinski definition) is 1. The van der Waals surface area contributed by atoms with Crippen LogP contribution in [0, 0.1) is 0 Å². The molecule has 2 rings (SSSR count). The molecule has 1 heterocycles. The average Bonchev–Trinajstić information content (AvgIpc) is 2.61. The summed E-state index contributed by atoms with van der Waals surface area (Å²) in [6.07, 6.45) is 1.21. The Hall–Kier alpha value is -1.93. The number of benzene rings is 1. The van der Waals surface area contributed by atoms with Crippen LogP contribution >= 0.6 is 0 Å². The molecule has 0 bridgehead atoms. The molecule has 1 aliphatic heterocycles. The topological polar surface area (TPSA) is 95.0 Å². The molecule has 1 fully saturated rings. The van der Waals surface area contributed by atoms with Gasteiger partial charge in [-0.25, -0.2) is 17.5 Å². The Morgan fingerprint density at radius 3 is 2.40 bits per heavy atom. The number of carbonyl (C=O) groups excluding carboxylic acids is 1. The predicted molar refractivity (Wildman–Crippen MR) is 93.9 cm³/mol. The minimum atomic E-state index is -3.23. The van der Waals surface area contributed by atoms with E-state index in [9.17, 15) is 23.1 Å². The maximum absolute atomic E-state index is 12.5. The maximum Gasteiger partial charge on any atom is 0.335 e. The van der Waals surface area contributed by atoms with Crippen molar-refractivity contribution in [2.24, 2.45) is 0 Å². The fourth-order valence-electron chi connectivity index (χ4n) is 3.07. The van der Waals surface area contributed by atoms with Crippen LogP contribution in [0.15, 0.2) is 24.3 Å². The number of aromatic carboxylic acids is 1. The highest BCUT2D eigenvalue weighted by molar-refractivity contribution is 7.89. The molecule has 0 aromatic heterocycles. The number of nitrogens with zero attached hydrogens (tertiary/aromatic N) is 2. The normalized spacial score (nSPS) is 16.2. The van der Waals surface area contributed by atoms with E-state index >= 15 is 0 Å². The summed E-state index contributed by atoms with van der Waals surface area (Å²) >= 11 is 0. The second-order valence-corrected chi connectivity index (χ2v) is 8.48. The zero-order chi connectivity index (χ0) is 18.6. The van der Waals surface area contributed by atoms with Gasteiger partial charge in [-0.3, -0.25) is 4.79 Å². The lowest BCUT2D eigenvalue weighted by atomic mass is 10.0. The van der Waals surface area contributed by atoms with Crippen molar-refractivity contribution in [1.29, 1.82) is 0 Å². The Labute approximate surface area is 148 Å². The number of sulfonamides is 1. The molecule has 8 heteroatoms. The molecular weight excluding hydrogens is 344 g/mol. The van der Waals surface area contributed by atoms with E-state index in [0.29, 0.717) is 31.5 Å². The smallest absolute Gasteiger partial charge is 0.335 e. The van der Waals surface area contributed by atoms with Crippen molar-refractivity contribution in [1.82, 2.24) is 9.21 Å². The van der Waals surface area contributed by atoms with Crippen molar-refractivity contribution in [2.45, 2.75) is 32.2 Å². The Balaban J connectivity index is 1.97. The Morgan fingerprint density at radius 2 is 1.84 bits per heavy atom. The summed E-state index contributed by atoms with van der Waals surface area (Å²) in [5, 5.41) is 9.20. The van der Waals surface area contributed by atoms with Crippen molar-refractivity contribution >= 4 is 21.9 Å². The Bertz CT molecular complexity index is 739. The molecule has 1 saturated heterocycles. The quantitative estimate of drug-likeness (QED) is 0.814. The van der Waals surface area contributed by atoms with Gasteiger partial charge >= 0.3 is 5.97 Å². The van der Waals surface area contributed by atoms with Gasteiger partial charge in [-0.05, 0) is 31.4 Å². The molecule has 1 aromatic rings. The number of carbonyl (C=O) groups is 2. The molecule has 25 heavy (non-hydrogen) atoms. The molecule has 7 nitrogen and oxygen atoms in total. The molecule has 1 aliphatic rings. The van der Waals surface area contributed by atoms with Gasteiger partial charge in [-0.15, -0.1) is 0 Å². The number of likely N-dealkylation sites (tertiary alicyclic amines) is 1. The third kappa shape index (κ3) is 4.58. The molecule has 0 saturated carbocycles. The molecule has 0 atom stereocenters. The largest absolute Gasteiger partial charge is 0.478 e. The van der Waals surface area contributed by atoms with Crippen LogP contribution in [0.2, 0.25) is 0 Å². The van der Waals surface area contributed by atoms with E-state index in [1.54, 1.807) is 37.1 Å². The molecule has 1 N–H and O–H groups in total. The first-order valence-electron chi connectivity index (χ1n) is 8.31. The summed E-state index contributed by atoms with van der Waals surface area (Å²) in [5.41, 5.74) is 0.632. The summed E-state index contributed by atoms with van der Waals surface area (Å²) in [6.45, 7) is 2.56. The number of carboxylic acids is 1. The molecule has 0 unspecified atom stereocenters. The van der Waals surface area contributed by atoms with Gasteiger partial charge in [-0.1, -0.05) is 18.2 Å². The highest BCUT2D eigenvalue weighted by atomic mass is 32.2. The summed E-state index contributed by atoms with van der Waals surface area (Å²) in [5.74, 6) is -1.11. The lowest BCUT2D eigenvalue weighted by Gasteiger charge is -2.36. The van der Waals surface area contributed by atoms with Crippen LogP contribution in [0.25, 0.3) is 0 Å². The zero-order valence-corrected chi connectivity index (χ0v) is 15.3. The number of hydrogen-bond acceptors (Lipinski definition) is 4. The monoisotopic (exact) mass is 368 g/mol. The Morgan fingerprint density at radius 1 is 1.24 bits per heavy atom. The molecule has 0 aliphatic carbocycles. The summed E-state index contributed by atoms with van der Waals surface area (Å²) < 4.78 is 25.3. The van der Waals surface area contributed by atoms with Crippen LogP contribution in [0.3, 0.4) is 0 Å². The second kappa shape index (κ2) is 7.97. The minimum Gasteiger partial charge on any atom is -0.478 e. The molecule has 1 aromatic carbocycles. The standard InChI is InChI=1S/C17H24N2O5S/c1-3-25(23,24)18(2)14-8-10-19(11-9-14)16(20)12-13-6-4-5-7-15(13)17(21)22/h4-7,14H,3,8-12H2,1-2H3,(H,21,22). The average molecular weight is 368 g/mol. The van der Waals surface area contributed by atoms with Crippen molar-refractivity contribution < 1.29 is 23.1 Å². The predicted octanol–water partition coefficient (Wildman–Crippen LogP) is 1.20. The number of carboxylic acid groups (broad SMARTS) is 1. The van der Waals surface area contributed by atoms with Gasteiger partial charge in [0.15, 0.2) is 0 Å². The lowest BCUT2D eigenvalue weighted by molar-refractivity contribution is -0.131. The van der Waals surface area contributed by atoms with Crippen molar-refractivity contribution in [3.05, 3.63) is 35.4 Å². The van der Waals surface area contributed by atoms with Crippen LogP contribution in [0.5, 0.6) is 0 Å². The van der Waals surface area contributed by atoms with Crippen molar-refractivity contribution in [3.63, 3.8) is 0 Å². The lowest BCUT2D eigenvalue weighted by Crippen LogP contribution is -2.47. The number of rotatable bonds is 6. The van der Waals surface area contributed by atoms with E-state index in [1.807, 2.05) is 0 Å². The van der Waals surface area contributed by atoms with Crippen molar-refractivity contribution in [3.8, 4) is 0 Å². The third-order valence-electron chi connectivity index (χ3n) is 4.72. The van der Waals surface area contributed by atoms with Crippen LogP contribution in [0.4, 0.5) is 0 Å². The van der Waals surface area contributed by atoms with Gasteiger partial charge in [0.2, 0.25) is 15.9 Å². The maximum atomic E-state index is 12.5. The van der Waals surface area contributed by atoms with E-state index in [-0.39, 0.29) is 29.7 Å². The summed E-state index contributed by atoms with van der Waals surface area (Å²) in [4.78, 5) is 25.4. The van der Waals surface area contributed by atoms with Gasteiger partial charge in [-0.2, -0.15) is 0 Å². The van der Waals surface area contributed by atoms with Crippen LogP contribution < -0.4 is 0 Å². The van der Waals surface area contributed by atoms with Crippen molar-refractivity contribution in [2.75, 3.05) is 25.9 Å². The van der Waals surface area contributed by atoms with E-state index in [0.717, 1.165) is 0 Å². The Kier molecular flexibility index (Phi) is 6.18. The molecule has 1 amide bonds. The summed E-state index contributed by atoms with van der Waals surface area (Å²) in [6, 6.07) is 6.39. The van der Waals surface area contributed by atoms with Gasteiger partial charge < -0.3 is 10.0 Å². The molecule has 0 radical (unpaired) electrons. The van der Waals surface area contributed by atoms with Gasteiger partial charge in [0.05, 0.1) is 17.7 Å². The first-order valence-corrected chi connectivity index (χ1v) is 9.92. The molecule has 138 valence electrons. The first kappa shape index (κ1) is 19.4. The zero-order valence-electron chi connectivity index (χ0n) is 14.5.